The summed E-state index contributed by atoms with van der Waals surface area (Å²) < 4.78 is 0. The minimum atomic E-state index is 0.159. The number of rotatable bonds is 4. The Bertz CT molecular complexity index is 752. The predicted molar refractivity (Wildman–Crippen MR) is 86.2 cm³/mol. The van der Waals surface area contributed by atoms with E-state index in [0.29, 0.717) is 0 Å². The summed E-state index contributed by atoms with van der Waals surface area (Å²) in [7, 11) is 0. The molecule has 21 heavy (non-hydrogen) atoms. The largest absolute Gasteiger partial charge is 0.306 e. The van der Waals surface area contributed by atoms with Crippen molar-refractivity contribution in [3.8, 4) is 0 Å². The predicted octanol–water partition coefficient (Wildman–Crippen LogP) is 3.64. The summed E-state index contributed by atoms with van der Waals surface area (Å²) in [6, 6.07) is 12.9. The first kappa shape index (κ1) is 13.7. The van der Waals surface area contributed by atoms with E-state index in [1.54, 1.807) is 0 Å². The number of benzene rings is 1. The third-order valence-corrected chi connectivity index (χ3v) is 3.60. The van der Waals surface area contributed by atoms with Crippen molar-refractivity contribution in [2.75, 3.05) is 6.54 Å². The van der Waals surface area contributed by atoms with E-state index in [1.807, 2.05) is 24.7 Å². The number of nitrogens with zero attached hydrogens (tertiary/aromatic N) is 2. The Morgan fingerprint density at radius 1 is 1.10 bits per heavy atom. The van der Waals surface area contributed by atoms with Crippen molar-refractivity contribution < 1.29 is 0 Å². The van der Waals surface area contributed by atoms with E-state index in [9.17, 15) is 0 Å². The molecule has 0 fully saturated rings. The first-order valence-corrected chi connectivity index (χ1v) is 7.27. The average Bonchev–Trinajstić information content (AvgIpc) is 2.52. The van der Waals surface area contributed by atoms with E-state index >= 15 is 0 Å². The SMILES string of the molecule is CCNC(c1cncc(C)c1)c1ccc2ncccc2c1. The fourth-order valence-electron chi connectivity index (χ4n) is 2.64. The molecule has 1 N–H and O–H groups in total. The highest BCUT2D eigenvalue weighted by molar-refractivity contribution is 5.79. The third-order valence-electron chi connectivity index (χ3n) is 3.60. The summed E-state index contributed by atoms with van der Waals surface area (Å²) in [6.07, 6.45) is 5.65. The quantitative estimate of drug-likeness (QED) is 0.791. The second-order valence-corrected chi connectivity index (χ2v) is 5.24. The summed E-state index contributed by atoms with van der Waals surface area (Å²) in [5, 5.41) is 4.71. The zero-order chi connectivity index (χ0) is 14.7. The number of pyridine rings is 2. The molecule has 0 aliphatic heterocycles. The third kappa shape index (κ3) is 2.93. The van der Waals surface area contributed by atoms with Crippen LogP contribution >= 0.6 is 0 Å². The lowest BCUT2D eigenvalue weighted by molar-refractivity contribution is 0.629. The smallest absolute Gasteiger partial charge is 0.0702 e. The van der Waals surface area contributed by atoms with Crippen molar-refractivity contribution in [3.63, 3.8) is 0 Å². The highest BCUT2D eigenvalue weighted by Crippen LogP contribution is 2.25. The molecular weight excluding hydrogens is 258 g/mol. The molecule has 0 aliphatic carbocycles. The molecule has 3 heteroatoms. The number of aromatic nitrogens is 2. The van der Waals surface area contributed by atoms with Gasteiger partial charge in [-0.25, -0.2) is 0 Å². The van der Waals surface area contributed by atoms with Gasteiger partial charge in [0.25, 0.3) is 0 Å². The molecule has 0 amide bonds. The van der Waals surface area contributed by atoms with Crippen LogP contribution in [0.25, 0.3) is 10.9 Å². The maximum absolute atomic E-state index is 4.38. The molecule has 0 saturated heterocycles. The van der Waals surface area contributed by atoms with Crippen molar-refractivity contribution in [3.05, 3.63) is 71.7 Å². The molecule has 3 nitrogen and oxygen atoms in total. The minimum absolute atomic E-state index is 0.159. The van der Waals surface area contributed by atoms with Gasteiger partial charge in [0.15, 0.2) is 0 Å². The first-order valence-electron chi connectivity index (χ1n) is 7.27. The Labute approximate surface area is 125 Å². The van der Waals surface area contributed by atoms with Crippen LogP contribution in [-0.4, -0.2) is 16.5 Å². The van der Waals surface area contributed by atoms with Crippen LogP contribution in [0.3, 0.4) is 0 Å². The van der Waals surface area contributed by atoms with Gasteiger partial charge in [0.1, 0.15) is 0 Å². The van der Waals surface area contributed by atoms with Crippen LogP contribution < -0.4 is 5.32 Å². The number of fused-ring (bicyclic) bond motifs is 1. The second-order valence-electron chi connectivity index (χ2n) is 5.24. The molecule has 0 aliphatic rings. The molecule has 2 heterocycles. The average molecular weight is 277 g/mol. The van der Waals surface area contributed by atoms with E-state index in [1.165, 1.54) is 22.1 Å². The molecule has 1 atom stereocenters. The van der Waals surface area contributed by atoms with Gasteiger partial charge < -0.3 is 5.32 Å². The van der Waals surface area contributed by atoms with Crippen LogP contribution in [0.2, 0.25) is 0 Å². The maximum Gasteiger partial charge on any atom is 0.0702 e. The molecule has 0 saturated carbocycles. The lowest BCUT2D eigenvalue weighted by Crippen LogP contribution is -2.22. The molecule has 3 rings (SSSR count). The van der Waals surface area contributed by atoms with E-state index in [2.05, 4.69) is 59.5 Å². The summed E-state index contributed by atoms with van der Waals surface area (Å²) >= 11 is 0. The van der Waals surface area contributed by atoms with Crippen molar-refractivity contribution in [1.29, 1.82) is 0 Å². The van der Waals surface area contributed by atoms with E-state index in [0.717, 1.165) is 12.1 Å². The van der Waals surface area contributed by atoms with Gasteiger partial charge in [-0.15, -0.1) is 0 Å². The Kier molecular flexibility index (Phi) is 3.93. The fraction of sp³-hybridized carbons (Fsp3) is 0.222. The van der Waals surface area contributed by atoms with Gasteiger partial charge >= 0.3 is 0 Å². The molecule has 106 valence electrons. The standard InChI is InChI=1S/C18H19N3/c1-3-20-18(16-9-13(2)11-19-12-16)15-6-7-17-14(10-15)5-4-8-21-17/h4-12,18,20H,3H2,1-2H3. The fourth-order valence-corrected chi connectivity index (χ4v) is 2.64. The lowest BCUT2D eigenvalue weighted by atomic mass is 9.97. The zero-order valence-electron chi connectivity index (χ0n) is 12.4. The van der Waals surface area contributed by atoms with E-state index in [4.69, 9.17) is 0 Å². The molecule has 1 aromatic carbocycles. The summed E-state index contributed by atoms with van der Waals surface area (Å²) in [5.41, 5.74) is 4.64. The van der Waals surface area contributed by atoms with Gasteiger partial charge in [0.05, 0.1) is 11.6 Å². The number of aryl methyl sites for hydroxylation is 1. The Morgan fingerprint density at radius 2 is 2.00 bits per heavy atom. The highest BCUT2D eigenvalue weighted by Gasteiger charge is 2.14. The summed E-state index contributed by atoms with van der Waals surface area (Å²) in [6.45, 7) is 5.10. The normalized spacial score (nSPS) is 12.5. The summed E-state index contributed by atoms with van der Waals surface area (Å²) in [5.74, 6) is 0. The zero-order valence-corrected chi connectivity index (χ0v) is 12.4. The van der Waals surface area contributed by atoms with E-state index in [-0.39, 0.29) is 6.04 Å². The van der Waals surface area contributed by atoms with Crippen molar-refractivity contribution in [2.45, 2.75) is 19.9 Å². The van der Waals surface area contributed by atoms with E-state index < -0.39 is 0 Å². The van der Waals surface area contributed by atoms with Crippen LogP contribution in [0.15, 0.2) is 55.0 Å². The monoisotopic (exact) mass is 277 g/mol. The minimum Gasteiger partial charge on any atom is -0.306 e. The van der Waals surface area contributed by atoms with Crippen LogP contribution in [0.5, 0.6) is 0 Å². The Morgan fingerprint density at radius 3 is 2.81 bits per heavy atom. The van der Waals surface area contributed by atoms with Gasteiger partial charge in [0, 0.05) is 24.0 Å². The van der Waals surface area contributed by atoms with Crippen LogP contribution in [0.4, 0.5) is 0 Å². The molecule has 2 aromatic heterocycles. The molecule has 0 spiro atoms. The summed E-state index contributed by atoms with van der Waals surface area (Å²) in [4.78, 5) is 8.70. The number of hydrogen-bond donors (Lipinski definition) is 1. The molecule has 3 aromatic rings. The second kappa shape index (κ2) is 6.02. The topological polar surface area (TPSA) is 37.8 Å². The molecular formula is C18H19N3. The maximum atomic E-state index is 4.38. The lowest BCUT2D eigenvalue weighted by Gasteiger charge is -2.19. The van der Waals surface area contributed by atoms with Crippen molar-refractivity contribution in [2.24, 2.45) is 0 Å². The Balaban J connectivity index is 2.06. The molecule has 0 radical (unpaired) electrons. The molecule has 1 unspecified atom stereocenters. The molecule has 0 bridgehead atoms. The van der Waals surface area contributed by atoms with Crippen molar-refractivity contribution >= 4 is 10.9 Å². The number of nitrogens with one attached hydrogen (secondary N) is 1. The van der Waals surface area contributed by atoms with Gasteiger partial charge in [-0.05, 0) is 48.4 Å². The highest BCUT2D eigenvalue weighted by atomic mass is 14.9. The number of hydrogen-bond acceptors (Lipinski definition) is 3. The van der Waals surface area contributed by atoms with Gasteiger partial charge in [-0.3, -0.25) is 9.97 Å². The van der Waals surface area contributed by atoms with Crippen molar-refractivity contribution in [1.82, 2.24) is 15.3 Å². The first-order chi connectivity index (χ1) is 10.3. The van der Waals surface area contributed by atoms with Crippen LogP contribution in [0.1, 0.15) is 29.7 Å². The van der Waals surface area contributed by atoms with Crippen LogP contribution in [0, 0.1) is 6.92 Å². The van der Waals surface area contributed by atoms with Gasteiger partial charge in [-0.1, -0.05) is 25.1 Å². The van der Waals surface area contributed by atoms with Crippen LogP contribution in [-0.2, 0) is 0 Å². The Hall–Kier alpha value is -2.26. The van der Waals surface area contributed by atoms with Gasteiger partial charge in [0.2, 0.25) is 0 Å². The van der Waals surface area contributed by atoms with Gasteiger partial charge in [-0.2, -0.15) is 0 Å².